The third kappa shape index (κ3) is 3.95. The number of para-hydroxylation sites is 1. The molecule has 5 nitrogen and oxygen atoms in total. The van der Waals surface area contributed by atoms with Crippen LogP contribution < -0.4 is 10.1 Å². The van der Waals surface area contributed by atoms with Crippen molar-refractivity contribution in [1.29, 1.82) is 5.26 Å². The van der Waals surface area contributed by atoms with Gasteiger partial charge in [-0.25, -0.2) is 4.98 Å². The Morgan fingerprint density at radius 2 is 1.94 bits per heavy atom. The summed E-state index contributed by atoms with van der Waals surface area (Å²) in [6, 6.07) is 22.3. The number of benzene rings is 3. The molecule has 5 aromatic rings. The van der Waals surface area contributed by atoms with Gasteiger partial charge in [0, 0.05) is 34.0 Å². The van der Waals surface area contributed by atoms with Crippen LogP contribution >= 0.6 is 11.3 Å². The van der Waals surface area contributed by atoms with Crippen molar-refractivity contribution in [3.63, 3.8) is 0 Å². The first kappa shape index (κ1) is 20.8. The molecule has 1 N–H and O–H groups in total. The molecule has 0 fully saturated rings. The molecule has 0 spiro atoms. The molecule has 2 aromatic heterocycles. The van der Waals surface area contributed by atoms with E-state index in [2.05, 4.69) is 47.6 Å². The summed E-state index contributed by atoms with van der Waals surface area (Å²) < 4.78 is 11.6. The molecule has 0 atom stereocenters. The zero-order chi connectivity index (χ0) is 22.8. The van der Waals surface area contributed by atoms with Gasteiger partial charge in [-0.1, -0.05) is 49.4 Å². The van der Waals surface area contributed by atoms with Gasteiger partial charge in [0.05, 0.1) is 18.5 Å². The molecule has 33 heavy (non-hydrogen) atoms. The minimum atomic E-state index is 0.447. The van der Waals surface area contributed by atoms with Crippen LogP contribution in [0.2, 0.25) is 0 Å². The van der Waals surface area contributed by atoms with Gasteiger partial charge in [0.15, 0.2) is 0 Å². The Bertz CT molecular complexity index is 1520. The van der Waals surface area contributed by atoms with Gasteiger partial charge < -0.3 is 14.5 Å². The number of aromatic nitrogens is 1. The maximum Gasteiger partial charge on any atom is 0.143 e. The average molecular weight is 452 g/mol. The van der Waals surface area contributed by atoms with Crippen molar-refractivity contribution in [3.05, 3.63) is 82.8 Å². The number of fused-ring (bicyclic) bond motifs is 3. The molecule has 5 rings (SSSR count). The third-order valence-electron chi connectivity index (χ3n) is 5.58. The first-order valence-corrected chi connectivity index (χ1v) is 11.5. The zero-order valence-electron chi connectivity index (χ0n) is 18.3. The fourth-order valence-corrected chi connectivity index (χ4v) is 4.56. The number of hydrogen-bond donors (Lipinski definition) is 1. The molecule has 0 aliphatic rings. The number of furan rings is 1. The Kier molecular flexibility index (Phi) is 5.55. The smallest absolute Gasteiger partial charge is 0.143 e. The number of aryl methyl sites for hydroxylation is 1. The lowest BCUT2D eigenvalue weighted by Gasteiger charge is -2.08. The van der Waals surface area contributed by atoms with Crippen molar-refractivity contribution < 1.29 is 9.15 Å². The van der Waals surface area contributed by atoms with Gasteiger partial charge in [0.2, 0.25) is 0 Å². The largest absolute Gasteiger partial charge is 0.495 e. The highest BCUT2D eigenvalue weighted by Crippen LogP contribution is 2.36. The number of allylic oxidation sites excluding steroid dienone is 1. The van der Waals surface area contributed by atoms with Gasteiger partial charge in [0.25, 0.3) is 0 Å². The summed E-state index contributed by atoms with van der Waals surface area (Å²) in [6.07, 6.45) is 2.66. The summed E-state index contributed by atoms with van der Waals surface area (Å²) in [7, 11) is 1.63. The number of thiazole rings is 1. The molecular formula is C27H21N3O2S. The van der Waals surface area contributed by atoms with E-state index < -0.39 is 0 Å². The lowest BCUT2D eigenvalue weighted by atomic mass is 10.1. The van der Waals surface area contributed by atoms with E-state index in [1.807, 2.05) is 41.8 Å². The molecule has 0 aliphatic heterocycles. The Hall–Kier alpha value is -4.08. The van der Waals surface area contributed by atoms with Crippen LogP contribution in [-0.4, -0.2) is 12.1 Å². The fraction of sp³-hybridized carbons (Fsp3) is 0.111. The summed E-state index contributed by atoms with van der Waals surface area (Å²) in [4.78, 5) is 4.68. The number of nitriles is 1. The molecule has 2 heterocycles. The lowest BCUT2D eigenvalue weighted by molar-refractivity contribution is 0.417. The molecule has 0 aliphatic carbocycles. The van der Waals surface area contributed by atoms with Crippen molar-refractivity contribution in [3.8, 4) is 23.1 Å². The van der Waals surface area contributed by atoms with Crippen LogP contribution in [0.25, 0.3) is 38.8 Å². The quantitative estimate of drug-likeness (QED) is 0.275. The van der Waals surface area contributed by atoms with E-state index >= 15 is 0 Å². The lowest BCUT2D eigenvalue weighted by Crippen LogP contribution is -1.95. The van der Waals surface area contributed by atoms with Crippen molar-refractivity contribution >= 4 is 44.5 Å². The van der Waals surface area contributed by atoms with E-state index in [9.17, 15) is 5.26 Å². The number of rotatable bonds is 6. The van der Waals surface area contributed by atoms with Crippen LogP contribution in [0.4, 0.5) is 5.69 Å². The average Bonchev–Trinajstić information content (AvgIpc) is 3.49. The van der Waals surface area contributed by atoms with Crippen LogP contribution in [0.3, 0.4) is 0 Å². The molecule has 0 saturated carbocycles. The van der Waals surface area contributed by atoms with Crippen molar-refractivity contribution in [2.75, 3.05) is 12.4 Å². The first-order chi connectivity index (χ1) is 16.2. The van der Waals surface area contributed by atoms with Crippen LogP contribution in [0.15, 0.2) is 76.7 Å². The Balaban J connectivity index is 1.45. The number of nitrogens with one attached hydrogen (secondary N) is 1. The van der Waals surface area contributed by atoms with Gasteiger partial charge in [-0.3, -0.25) is 0 Å². The first-order valence-electron chi connectivity index (χ1n) is 10.6. The van der Waals surface area contributed by atoms with Crippen LogP contribution in [0.1, 0.15) is 17.5 Å². The number of methoxy groups -OCH3 is 1. The summed E-state index contributed by atoms with van der Waals surface area (Å²) in [5.41, 5.74) is 5.91. The number of hydrogen-bond acceptors (Lipinski definition) is 6. The van der Waals surface area contributed by atoms with Gasteiger partial charge in [0.1, 0.15) is 33.6 Å². The predicted octanol–water partition coefficient (Wildman–Crippen LogP) is 7.26. The van der Waals surface area contributed by atoms with Gasteiger partial charge in [-0.2, -0.15) is 5.26 Å². The standard InChI is InChI=1S/C27H21N3O2S/c1-3-17-8-10-18(11-9-17)23-16-33-27(30-23)19(14-28)15-29-22-13-25-21(12-26(22)31-2)20-6-4-5-7-24(20)32-25/h4-13,15-16,29H,3H2,1-2H3/b19-15+. The summed E-state index contributed by atoms with van der Waals surface area (Å²) in [5, 5.41) is 17.6. The number of anilines is 1. The Morgan fingerprint density at radius 3 is 2.70 bits per heavy atom. The van der Waals surface area contributed by atoms with Crippen molar-refractivity contribution in [1.82, 2.24) is 4.98 Å². The normalized spacial score (nSPS) is 11.6. The van der Waals surface area contributed by atoms with Gasteiger partial charge in [-0.15, -0.1) is 11.3 Å². The van der Waals surface area contributed by atoms with Crippen molar-refractivity contribution in [2.45, 2.75) is 13.3 Å². The van der Waals surface area contributed by atoms with Gasteiger partial charge in [-0.05, 0) is 24.1 Å². The molecular weight excluding hydrogens is 430 g/mol. The van der Waals surface area contributed by atoms with Crippen LogP contribution in [-0.2, 0) is 6.42 Å². The maximum absolute atomic E-state index is 9.76. The highest BCUT2D eigenvalue weighted by Gasteiger charge is 2.13. The maximum atomic E-state index is 9.76. The molecule has 0 bridgehead atoms. The topological polar surface area (TPSA) is 71.1 Å². The van der Waals surface area contributed by atoms with Gasteiger partial charge >= 0.3 is 0 Å². The Labute approximate surface area is 195 Å². The second-order valence-corrected chi connectivity index (χ2v) is 8.41. The molecule has 3 aromatic carbocycles. The second kappa shape index (κ2) is 8.81. The van der Waals surface area contributed by atoms with E-state index in [0.717, 1.165) is 39.6 Å². The second-order valence-electron chi connectivity index (χ2n) is 7.55. The minimum absolute atomic E-state index is 0.447. The van der Waals surface area contributed by atoms with E-state index in [0.29, 0.717) is 22.0 Å². The van der Waals surface area contributed by atoms with Crippen LogP contribution in [0.5, 0.6) is 5.75 Å². The number of nitrogens with zero attached hydrogens (tertiary/aromatic N) is 2. The van der Waals surface area contributed by atoms with E-state index in [4.69, 9.17) is 9.15 Å². The third-order valence-corrected chi connectivity index (χ3v) is 6.46. The molecule has 6 heteroatoms. The molecule has 0 amide bonds. The Morgan fingerprint density at radius 1 is 1.12 bits per heavy atom. The summed E-state index contributed by atoms with van der Waals surface area (Å²) >= 11 is 1.45. The highest BCUT2D eigenvalue weighted by molar-refractivity contribution is 7.11. The summed E-state index contributed by atoms with van der Waals surface area (Å²) in [5.74, 6) is 0.665. The monoisotopic (exact) mass is 451 g/mol. The van der Waals surface area contributed by atoms with E-state index in [-0.39, 0.29) is 0 Å². The molecule has 0 unspecified atom stereocenters. The molecule has 162 valence electrons. The molecule has 0 radical (unpaired) electrons. The molecule has 0 saturated heterocycles. The van der Waals surface area contributed by atoms with E-state index in [1.54, 1.807) is 13.3 Å². The summed E-state index contributed by atoms with van der Waals surface area (Å²) in [6.45, 7) is 2.13. The SMILES string of the molecule is CCc1ccc(-c2csc(/C(C#N)=C/Nc3cc4oc5ccccc5c4cc3OC)n2)cc1. The number of ether oxygens (including phenoxy) is 1. The van der Waals surface area contributed by atoms with E-state index in [1.165, 1.54) is 16.9 Å². The zero-order valence-corrected chi connectivity index (χ0v) is 19.1. The predicted molar refractivity (Wildman–Crippen MR) is 134 cm³/mol. The minimum Gasteiger partial charge on any atom is -0.495 e. The fourth-order valence-electron chi connectivity index (χ4n) is 3.77. The van der Waals surface area contributed by atoms with Crippen LogP contribution in [0, 0.1) is 11.3 Å². The highest BCUT2D eigenvalue weighted by atomic mass is 32.1. The van der Waals surface area contributed by atoms with Crippen molar-refractivity contribution in [2.24, 2.45) is 0 Å².